The van der Waals surface area contributed by atoms with Crippen molar-refractivity contribution in [1.29, 1.82) is 0 Å². The number of anilines is 1. The van der Waals surface area contributed by atoms with E-state index in [1.54, 1.807) is 24.5 Å². The molecule has 2 aromatic carbocycles. The smallest absolute Gasteiger partial charge is 0.253 e. The fraction of sp³-hybridized carbons (Fsp3) is 0.120. The van der Waals surface area contributed by atoms with Crippen LogP contribution >= 0.6 is 0 Å². The Balaban J connectivity index is 1.43. The van der Waals surface area contributed by atoms with Gasteiger partial charge in [0.15, 0.2) is 11.6 Å². The highest BCUT2D eigenvalue weighted by atomic mass is 19.2. The molecule has 4 aromatic rings. The first-order chi connectivity index (χ1) is 16.5. The largest absolute Gasteiger partial charge is 0.382 e. The summed E-state index contributed by atoms with van der Waals surface area (Å²) in [5.74, 6) is -1.92. The van der Waals surface area contributed by atoms with Gasteiger partial charge in [0.1, 0.15) is 5.82 Å². The van der Waals surface area contributed by atoms with Crippen LogP contribution in [-0.2, 0) is 6.54 Å². The van der Waals surface area contributed by atoms with Crippen LogP contribution in [0.25, 0.3) is 11.3 Å². The van der Waals surface area contributed by atoms with Gasteiger partial charge in [-0.25, -0.2) is 13.8 Å². The monoisotopic (exact) mass is 460 g/mol. The molecule has 1 atom stereocenters. The van der Waals surface area contributed by atoms with Crippen LogP contribution in [0.4, 0.5) is 14.6 Å². The lowest BCUT2D eigenvalue weighted by Gasteiger charge is -2.20. The van der Waals surface area contributed by atoms with Gasteiger partial charge in [-0.3, -0.25) is 14.8 Å². The summed E-state index contributed by atoms with van der Waals surface area (Å²) < 4.78 is 27.3. The number of hydrogen-bond acceptors (Lipinski definition) is 6. The molecule has 0 bridgehead atoms. The Morgan fingerprint density at radius 3 is 2.47 bits per heavy atom. The Kier molecular flexibility index (Phi) is 7.14. The van der Waals surface area contributed by atoms with Gasteiger partial charge in [0.2, 0.25) is 0 Å². The van der Waals surface area contributed by atoms with E-state index in [9.17, 15) is 13.6 Å². The summed E-state index contributed by atoms with van der Waals surface area (Å²) in [5.41, 5.74) is 9.01. The molecule has 34 heavy (non-hydrogen) atoms. The van der Waals surface area contributed by atoms with Gasteiger partial charge in [0.05, 0.1) is 29.7 Å². The van der Waals surface area contributed by atoms with Crippen molar-refractivity contribution in [3.05, 3.63) is 108 Å². The molecule has 1 amide bonds. The van der Waals surface area contributed by atoms with Crippen molar-refractivity contribution in [2.24, 2.45) is 0 Å². The van der Waals surface area contributed by atoms with E-state index in [0.29, 0.717) is 35.7 Å². The van der Waals surface area contributed by atoms with Crippen molar-refractivity contribution in [2.45, 2.75) is 12.6 Å². The third kappa shape index (κ3) is 5.76. The molecule has 0 saturated heterocycles. The third-order valence-corrected chi connectivity index (χ3v) is 5.17. The molecule has 0 aliphatic rings. The summed E-state index contributed by atoms with van der Waals surface area (Å²) in [6.45, 7) is 0.791. The predicted octanol–water partition coefficient (Wildman–Crippen LogP) is 3.66. The molecule has 2 heterocycles. The van der Waals surface area contributed by atoms with Crippen molar-refractivity contribution >= 4 is 11.7 Å². The Labute approximate surface area is 195 Å². The van der Waals surface area contributed by atoms with E-state index in [1.165, 1.54) is 18.5 Å². The molecule has 0 aliphatic carbocycles. The third-order valence-electron chi connectivity index (χ3n) is 5.17. The Morgan fingerprint density at radius 2 is 1.79 bits per heavy atom. The first-order valence-corrected chi connectivity index (χ1v) is 10.5. The zero-order chi connectivity index (χ0) is 23.9. The maximum absolute atomic E-state index is 13.9. The van der Waals surface area contributed by atoms with Crippen LogP contribution in [0.5, 0.6) is 0 Å². The van der Waals surface area contributed by atoms with Crippen molar-refractivity contribution in [1.82, 2.24) is 25.6 Å². The van der Waals surface area contributed by atoms with Crippen LogP contribution in [0, 0.1) is 11.6 Å². The fourth-order valence-electron chi connectivity index (χ4n) is 3.36. The van der Waals surface area contributed by atoms with Crippen molar-refractivity contribution in [2.75, 3.05) is 12.3 Å². The predicted molar refractivity (Wildman–Crippen MR) is 124 cm³/mol. The molecule has 9 heteroatoms. The molecule has 172 valence electrons. The first kappa shape index (κ1) is 22.9. The molecule has 2 aromatic heterocycles. The summed E-state index contributed by atoms with van der Waals surface area (Å²) >= 11 is 0. The van der Waals surface area contributed by atoms with Crippen molar-refractivity contribution in [3.8, 4) is 11.3 Å². The van der Waals surface area contributed by atoms with Crippen LogP contribution in [-0.4, -0.2) is 27.4 Å². The number of halogens is 2. The molecule has 0 saturated carbocycles. The number of nitrogen functional groups attached to an aromatic ring is 1. The zero-order valence-corrected chi connectivity index (χ0v) is 18.1. The number of nitrogens with zero attached hydrogens (tertiary/aromatic N) is 3. The topological polar surface area (TPSA) is 106 Å². The van der Waals surface area contributed by atoms with Gasteiger partial charge in [0.25, 0.3) is 5.91 Å². The van der Waals surface area contributed by atoms with Crippen LogP contribution in [0.2, 0.25) is 0 Å². The second-order valence-electron chi connectivity index (χ2n) is 7.60. The van der Waals surface area contributed by atoms with Crippen molar-refractivity contribution < 1.29 is 13.6 Å². The van der Waals surface area contributed by atoms with E-state index in [0.717, 1.165) is 23.3 Å². The zero-order valence-electron chi connectivity index (χ0n) is 18.1. The van der Waals surface area contributed by atoms with E-state index in [2.05, 4.69) is 25.6 Å². The standard InChI is InChI=1S/C25H22F2N6O/c26-20-8-7-18(10-21(20)27)23(33-25(34)19-2-1-9-29-12-19)13-30-11-16-3-5-17(6-4-16)22-14-32-24(28)15-31-22/h1-10,12,14-15,23,30H,11,13H2,(H2,28,32)(H,33,34)/t23-/m1/s1. The highest BCUT2D eigenvalue weighted by molar-refractivity contribution is 5.94. The quantitative estimate of drug-likeness (QED) is 0.371. The number of hydrogen-bond donors (Lipinski definition) is 3. The molecule has 0 unspecified atom stereocenters. The molecular weight excluding hydrogens is 438 g/mol. The number of pyridine rings is 1. The maximum Gasteiger partial charge on any atom is 0.253 e. The lowest BCUT2D eigenvalue weighted by molar-refractivity contribution is 0.0935. The number of benzene rings is 2. The van der Waals surface area contributed by atoms with Gasteiger partial charge in [-0.2, -0.15) is 0 Å². The van der Waals surface area contributed by atoms with Crippen LogP contribution in [0.15, 0.2) is 79.4 Å². The number of rotatable bonds is 8. The molecule has 7 nitrogen and oxygen atoms in total. The number of carbonyl (C=O) groups is 1. The number of aromatic nitrogens is 3. The lowest BCUT2D eigenvalue weighted by Crippen LogP contribution is -2.35. The summed E-state index contributed by atoms with van der Waals surface area (Å²) in [7, 11) is 0. The van der Waals surface area contributed by atoms with Gasteiger partial charge in [0, 0.05) is 31.0 Å². The van der Waals surface area contributed by atoms with Gasteiger partial charge < -0.3 is 16.4 Å². The highest BCUT2D eigenvalue weighted by Crippen LogP contribution is 2.19. The minimum absolute atomic E-state index is 0.294. The fourth-order valence-corrected chi connectivity index (χ4v) is 3.36. The van der Waals surface area contributed by atoms with E-state index in [-0.39, 0.29) is 5.91 Å². The highest BCUT2D eigenvalue weighted by Gasteiger charge is 2.17. The molecular formula is C25H22F2N6O. The number of amides is 1. The van der Waals surface area contributed by atoms with E-state index in [1.807, 2.05) is 24.3 Å². The second-order valence-corrected chi connectivity index (χ2v) is 7.60. The van der Waals surface area contributed by atoms with E-state index < -0.39 is 17.7 Å². The summed E-state index contributed by atoms with van der Waals surface area (Å²) in [4.78, 5) is 24.9. The van der Waals surface area contributed by atoms with Crippen LogP contribution in [0.3, 0.4) is 0 Å². The number of carbonyl (C=O) groups excluding carboxylic acids is 1. The van der Waals surface area contributed by atoms with Gasteiger partial charge in [-0.15, -0.1) is 0 Å². The summed E-state index contributed by atoms with van der Waals surface area (Å²) in [5, 5.41) is 6.13. The number of nitrogens with two attached hydrogens (primary N) is 1. The second kappa shape index (κ2) is 10.6. The van der Waals surface area contributed by atoms with Crippen LogP contribution < -0.4 is 16.4 Å². The van der Waals surface area contributed by atoms with E-state index in [4.69, 9.17) is 5.73 Å². The lowest BCUT2D eigenvalue weighted by atomic mass is 10.1. The average molecular weight is 460 g/mol. The molecule has 4 rings (SSSR count). The molecule has 0 aliphatic heterocycles. The van der Waals surface area contributed by atoms with Crippen molar-refractivity contribution in [3.63, 3.8) is 0 Å². The summed E-state index contributed by atoms with van der Waals surface area (Å²) in [6.07, 6.45) is 6.12. The minimum Gasteiger partial charge on any atom is -0.382 e. The maximum atomic E-state index is 13.9. The molecule has 4 N–H and O–H groups in total. The first-order valence-electron chi connectivity index (χ1n) is 10.5. The SMILES string of the molecule is Nc1cnc(-c2ccc(CNC[C@@H](NC(=O)c3cccnc3)c3ccc(F)c(F)c3)cc2)cn1. The van der Waals surface area contributed by atoms with Gasteiger partial charge >= 0.3 is 0 Å². The van der Waals surface area contributed by atoms with Gasteiger partial charge in [-0.1, -0.05) is 30.3 Å². The Hall–Kier alpha value is -4.24. The Bertz CT molecular complexity index is 1250. The average Bonchev–Trinajstić information content (AvgIpc) is 2.86. The van der Waals surface area contributed by atoms with Gasteiger partial charge in [-0.05, 0) is 35.4 Å². The number of nitrogens with one attached hydrogen (secondary N) is 2. The molecule has 0 radical (unpaired) electrons. The van der Waals surface area contributed by atoms with Crippen LogP contribution in [0.1, 0.15) is 27.5 Å². The van der Waals surface area contributed by atoms with E-state index >= 15 is 0 Å². The molecule has 0 spiro atoms. The minimum atomic E-state index is -0.973. The molecule has 0 fully saturated rings. The summed E-state index contributed by atoms with van der Waals surface area (Å²) in [6, 6.07) is 14.0. The Morgan fingerprint density at radius 1 is 0.971 bits per heavy atom. The normalized spacial score (nSPS) is 11.7.